The van der Waals surface area contributed by atoms with E-state index in [1.54, 1.807) is 0 Å². The van der Waals surface area contributed by atoms with Crippen LogP contribution in [-0.4, -0.2) is 6.29 Å². The zero-order valence-electron chi connectivity index (χ0n) is 8.28. The van der Waals surface area contributed by atoms with Gasteiger partial charge in [-0.25, -0.2) is 0 Å². The highest BCUT2D eigenvalue weighted by atomic mass is 16.1. The Kier molecular flexibility index (Phi) is 2.97. The summed E-state index contributed by atoms with van der Waals surface area (Å²) in [4.78, 5) is 11.0. The van der Waals surface area contributed by atoms with Crippen LogP contribution < -0.4 is 0 Å². The summed E-state index contributed by atoms with van der Waals surface area (Å²) in [7, 11) is 0. The molecule has 1 atom stereocenters. The highest BCUT2D eigenvalue weighted by Crippen LogP contribution is 2.35. The van der Waals surface area contributed by atoms with E-state index in [4.69, 9.17) is 0 Å². The molecule has 1 aromatic carbocycles. The Balaban J connectivity index is 2.16. The summed E-state index contributed by atoms with van der Waals surface area (Å²) in [5.74, 6) is 0.550. The summed E-state index contributed by atoms with van der Waals surface area (Å²) in [5, 5.41) is 0. The summed E-state index contributed by atoms with van der Waals surface area (Å²) in [6.07, 6.45) is 7.14. The Morgan fingerprint density at radius 2 is 1.79 bits per heavy atom. The third-order valence-electron chi connectivity index (χ3n) is 3.16. The molecule has 1 saturated carbocycles. The quantitative estimate of drug-likeness (QED) is 0.710. The lowest BCUT2D eigenvalue weighted by atomic mass is 9.86. The molecule has 14 heavy (non-hydrogen) atoms. The van der Waals surface area contributed by atoms with Gasteiger partial charge in [-0.1, -0.05) is 43.2 Å². The monoisotopic (exact) mass is 187 g/mol. The molecule has 0 aromatic heterocycles. The first-order chi connectivity index (χ1) is 6.92. The van der Waals surface area contributed by atoms with Crippen molar-refractivity contribution >= 4 is 6.29 Å². The molecule has 1 aromatic rings. The second kappa shape index (κ2) is 4.41. The summed E-state index contributed by atoms with van der Waals surface area (Å²) >= 11 is 0. The summed E-state index contributed by atoms with van der Waals surface area (Å²) in [6.45, 7) is 0. The lowest BCUT2D eigenvalue weighted by molar-refractivity contribution is 0.471. The molecule has 0 saturated heterocycles. The van der Waals surface area contributed by atoms with Crippen molar-refractivity contribution in [3.05, 3.63) is 35.9 Å². The van der Waals surface area contributed by atoms with E-state index in [2.05, 4.69) is 6.29 Å². The fourth-order valence-electron chi connectivity index (χ4n) is 2.39. The highest BCUT2D eigenvalue weighted by Gasteiger charge is 2.26. The highest BCUT2D eigenvalue weighted by molar-refractivity contribution is 5.63. The Hall–Kier alpha value is -1.11. The van der Waals surface area contributed by atoms with Crippen LogP contribution in [0.15, 0.2) is 30.3 Å². The van der Waals surface area contributed by atoms with E-state index in [9.17, 15) is 4.79 Å². The Labute approximate surface area is 85.1 Å². The van der Waals surface area contributed by atoms with Crippen molar-refractivity contribution in [3.63, 3.8) is 0 Å². The number of rotatable bonds is 3. The van der Waals surface area contributed by atoms with E-state index in [1.165, 1.54) is 25.7 Å². The maximum atomic E-state index is 11.0. The average molecular weight is 187 g/mol. The molecule has 0 heterocycles. The van der Waals surface area contributed by atoms with E-state index in [0.717, 1.165) is 5.56 Å². The van der Waals surface area contributed by atoms with Crippen LogP contribution in [0.5, 0.6) is 0 Å². The standard InChI is InChI=1S/C13H15O/c14-10-13(12-8-4-5-9-12)11-6-2-1-3-7-11/h1-3,6-7,12-13H,4-5,8-9H2. The normalized spacial score (nSPS) is 19.4. The number of hydrogen-bond donors (Lipinski definition) is 0. The van der Waals surface area contributed by atoms with Gasteiger partial charge in [-0.2, -0.15) is 0 Å². The van der Waals surface area contributed by atoms with Gasteiger partial charge in [0, 0.05) is 0 Å². The van der Waals surface area contributed by atoms with Gasteiger partial charge in [0.1, 0.15) is 0 Å². The summed E-state index contributed by atoms with van der Waals surface area (Å²) in [6, 6.07) is 10.0. The van der Waals surface area contributed by atoms with E-state index in [-0.39, 0.29) is 5.92 Å². The first kappa shape index (κ1) is 9.45. The van der Waals surface area contributed by atoms with E-state index in [0.29, 0.717) is 5.92 Å². The molecule has 2 rings (SSSR count). The van der Waals surface area contributed by atoms with Crippen molar-refractivity contribution in [1.29, 1.82) is 0 Å². The molecule has 1 heteroatoms. The molecule has 73 valence electrons. The third kappa shape index (κ3) is 1.87. The molecular weight excluding hydrogens is 172 g/mol. The lowest BCUT2D eigenvalue weighted by Gasteiger charge is -2.16. The van der Waals surface area contributed by atoms with Crippen molar-refractivity contribution in [3.8, 4) is 0 Å². The number of carbonyl (C=O) groups excluding carboxylic acids is 1. The van der Waals surface area contributed by atoms with Crippen molar-refractivity contribution < 1.29 is 4.79 Å². The van der Waals surface area contributed by atoms with Crippen molar-refractivity contribution in [1.82, 2.24) is 0 Å². The van der Waals surface area contributed by atoms with Crippen LogP contribution >= 0.6 is 0 Å². The zero-order valence-corrected chi connectivity index (χ0v) is 8.28. The van der Waals surface area contributed by atoms with E-state index >= 15 is 0 Å². The molecule has 0 spiro atoms. The first-order valence-corrected chi connectivity index (χ1v) is 5.34. The van der Waals surface area contributed by atoms with Crippen LogP contribution in [0.25, 0.3) is 0 Å². The van der Waals surface area contributed by atoms with Gasteiger partial charge in [0.25, 0.3) is 0 Å². The molecule has 1 unspecified atom stereocenters. The predicted octanol–water partition coefficient (Wildman–Crippen LogP) is 3.07. The fraction of sp³-hybridized carbons (Fsp3) is 0.462. The molecule has 0 aliphatic heterocycles. The van der Waals surface area contributed by atoms with Crippen molar-refractivity contribution in [2.24, 2.45) is 5.92 Å². The van der Waals surface area contributed by atoms with Gasteiger partial charge in [-0.15, -0.1) is 0 Å². The molecule has 1 nitrogen and oxygen atoms in total. The fourth-order valence-corrected chi connectivity index (χ4v) is 2.39. The van der Waals surface area contributed by atoms with E-state index in [1.807, 2.05) is 30.3 Å². The smallest absolute Gasteiger partial charge is 0.206 e. The Bertz CT molecular complexity index is 285. The van der Waals surface area contributed by atoms with Crippen LogP contribution in [0.3, 0.4) is 0 Å². The number of hydrogen-bond acceptors (Lipinski definition) is 1. The molecule has 0 bridgehead atoms. The largest absolute Gasteiger partial charge is 0.290 e. The predicted molar refractivity (Wildman–Crippen MR) is 56.8 cm³/mol. The van der Waals surface area contributed by atoms with Gasteiger partial charge in [0.15, 0.2) is 0 Å². The average Bonchev–Trinajstić information content (AvgIpc) is 2.74. The Morgan fingerprint density at radius 3 is 2.36 bits per heavy atom. The molecule has 1 fully saturated rings. The Morgan fingerprint density at radius 1 is 1.14 bits per heavy atom. The van der Waals surface area contributed by atoms with Crippen LogP contribution in [0.2, 0.25) is 0 Å². The van der Waals surface area contributed by atoms with Gasteiger partial charge in [-0.05, 0) is 24.3 Å². The second-order valence-electron chi connectivity index (χ2n) is 4.05. The minimum Gasteiger partial charge on any atom is -0.290 e. The zero-order chi connectivity index (χ0) is 9.80. The first-order valence-electron chi connectivity index (χ1n) is 5.34. The van der Waals surface area contributed by atoms with Crippen LogP contribution in [-0.2, 0) is 4.79 Å². The number of benzene rings is 1. The van der Waals surface area contributed by atoms with Crippen LogP contribution in [0.4, 0.5) is 0 Å². The van der Waals surface area contributed by atoms with Crippen molar-refractivity contribution in [2.75, 3.05) is 0 Å². The van der Waals surface area contributed by atoms with Gasteiger partial charge in [0.2, 0.25) is 6.29 Å². The van der Waals surface area contributed by atoms with Crippen LogP contribution in [0, 0.1) is 5.92 Å². The van der Waals surface area contributed by atoms with Gasteiger partial charge in [-0.3, -0.25) is 4.79 Å². The van der Waals surface area contributed by atoms with E-state index < -0.39 is 0 Å². The molecule has 1 aliphatic carbocycles. The van der Waals surface area contributed by atoms with Crippen LogP contribution in [0.1, 0.15) is 37.2 Å². The molecule has 0 amide bonds. The maximum Gasteiger partial charge on any atom is 0.206 e. The third-order valence-corrected chi connectivity index (χ3v) is 3.16. The topological polar surface area (TPSA) is 17.1 Å². The van der Waals surface area contributed by atoms with Gasteiger partial charge in [0.05, 0.1) is 5.92 Å². The molecule has 1 radical (unpaired) electrons. The minimum absolute atomic E-state index is 0.0127. The minimum atomic E-state index is 0.0127. The SMILES string of the molecule is O=[C]C(c1ccccc1)C1CCCC1. The summed E-state index contributed by atoms with van der Waals surface area (Å²) in [5.41, 5.74) is 1.13. The second-order valence-corrected chi connectivity index (χ2v) is 4.05. The van der Waals surface area contributed by atoms with Gasteiger partial charge >= 0.3 is 0 Å². The maximum absolute atomic E-state index is 11.0. The lowest BCUT2D eigenvalue weighted by Crippen LogP contribution is -2.10. The molecule has 1 aliphatic rings. The van der Waals surface area contributed by atoms with Crippen molar-refractivity contribution in [2.45, 2.75) is 31.6 Å². The van der Waals surface area contributed by atoms with Gasteiger partial charge < -0.3 is 0 Å². The summed E-state index contributed by atoms with van der Waals surface area (Å²) < 4.78 is 0. The molecular formula is C13H15O. The molecule has 0 N–H and O–H groups in total.